The van der Waals surface area contributed by atoms with Crippen LogP contribution in [0, 0.1) is 0 Å². The van der Waals surface area contributed by atoms with Crippen LogP contribution >= 0.6 is 0 Å². The topological polar surface area (TPSA) is 58.4 Å². The smallest absolute Gasteiger partial charge is 0.335 e. The van der Waals surface area contributed by atoms with E-state index in [1.54, 1.807) is 12.1 Å². The molecule has 1 fully saturated rings. The van der Waals surface area contributed by atoms with Crippen molar-refractivity contribution in [2.45, 2.75) is 32.2 Å². The van der Waals surface area contributed by atoms with Gasteiger partial charge in [-0.25, -0.2) is 9.78 Å². The van der Waals surface area contributed by atoms with Crippen molar-refractivity contribution in [3.8, 4) is 0 Å². The van der Waals surface area contributed by atoms with Gasteiger partial charge in [0, 0.05) is 12.6 Å². The standard InChI is InChI=1S/C16H21N3O2/c1-12(10-18-7-3-2-4-8-18)19-11-17-14-9-13(16(20)21)5-6-15(14)19/h5-6,9,11-12H,2-4,7-8,10H2,1H3,(H,20,21). The van der Waals surface area contributed by atoms with E-state index in [9.17, 15) is 4.79 Å². The lowest BCUT2D eigenvalue weighted by Crippen LogP contribution is -2.34. The van der Waals surface area contributed by atoms with Crippen LogP contribution in [-0.2, 0) is 0 Å². The molecule has 0 spiro atoms. The minimum absolute atomic E-state index is 0.288. The largest absolute Gasteiger partial charge is 0.478 e. The van der Waals surface area contributed by atoms with Crippen LogP contribution < -0.4 is 0 Å². The molecule has 1 aliphatic heterocycles. The molecule has 1 unspecified atom stereocenters. The number of hydrogen-bond donors (Lipinski definition) is 1. The zero-order valence-electron chi connectivity index (χ0n) is 12.3. The molecule has 1 N–H and O–H groups in total. The van der Waals surface area contributed by atoms with Gasteiger partial charge in [-0.3, -0.25) is 0 Å². The Morgan fingerprint density at radius 2 is 2.10 bits per heavy atom. The number of aromatic carboxylic acids is 1. The molecular formula is C16H21N3O2. The Morgan fingerprint density at radius 1 is 1.33 bits per heavy atom. The highest BCUT2D eigenvalue weighted by Gasteiger charge is 2.16. The minimum Gasteiger partial charge on any atom is -0.478 e. The van der Waals surface area contributed by atoms with Gasteiger partial charge in [0.05, 0.1) is 22.9 Å². The molecule has 0 bridgehead atoms. The van der Waals surface area contributed by atoms with E-state index in [2.05, 4.69) is 21.4 Å². The molecule has 2 heterocycles. The lowest BCUT2D eigenvalue weighted by atomic mass is 10.1. The molecule has 0 saturated carbocycles. The molecule has 0 aliphatic carbocycles. The number of carboxylic acids is 1. The van der Waals surface area contributed by atoms with Crippen molar-refractivity contribution in [2.75, 3.05) is 19.6 Å². The monoisotopic (exact) mass is 287 g/mol. The summed E-state index contributed by atoms with van der Waals surface area (Å²) in [7, 11) is 0. The van der Waals surface area contributed by atoms with E-state index >= 15 is 0 Å². The fourth-order valence-electron chi connectivity index (χ4n) is 3.12. The maximum atomic E-state index is 11.0. The number of fused-ring (bicyclic) bond motifs is 1. The number of piperidine rings is 1. The first-order valence-electron chi connectivity index (χ1n) is 7.57. The second kappa shape index (κ2) is 5.85. The van der Waals surface area contributed by atoms with Crippen LogP contribution in [0.25, 0.3) is 11.0 Å². The van der Waals surface area contributed by atoms with Gasteiger partial charge < -0.3 is 14.6 Å². The molecule has 5 heteroatoms. The summed E-state index contributed by atoms with van der Waals surface area (Å²) in [6.45, 7) is 5.58. The zero-order valence-corrected chi connectivity index (χ0v) is 12.3. The Bertz CT molecular complexity index is 644. The maximum absolute atomic E-state index is 11.0. The third-order valence-electron chi connectivity index (χ3n) is 4.27. The van der Waals surface area contributed by atoms with Gasteiger partial charge in [-0.1, -0.05) is 6.42 Å². The van der Waals surface area contributed by atoms with E-state index in [1.807, 2.05) is 12.4 Å². The van der Waals surface area contributed by atoms with Gasteiger partial charge in [-0.15, -0.1) is 0 Å². The highest BCUT2D eigenvalue weighted by molar-refractivity contribution is 5.92. The molecule has 1 atom stereocenters. The highest BCUT2D eigenvalue weighted by Crippen LogP contribution is 2.21. The van der Waals surface area contributed by atoms with Gasteiger partial charge in [-0.2, -0.15) is 0 Å². The summed E-state index contributed by atoms with van der Waals surface area (Å²) in [5.74, 6) is -0.909. The maximum Gasteiger partial charge on any atom is 0.335 e. The second-order valence-corrected chi connectivity index (χ2v) is 5.87. The van der Waals surface area contributed by atoms with Gasteiger partial charge in [0.1, 0.15) is 0 Å². The summed E-state index contributed by atoms with van der Waals surface area (Å²) in [5, 5.41) is 9.04. The van der Waals surface area contributed by atoms with Crippen LogP contribution in [0.2, 0.25) is 0 Å². The summed E-state index contributed by atoms with van der Waals surface area (Å²) < 4.78 is 2.15. The number of carbonyl (C=O) groups is 1. The molecule has 21 heavy (non-hydrogen) atoms. The van der Waals surface area contributed by atoms with Crippen molar-refractivity contribution >= 4 is 17.0 Å². The van der Waals surface area contributed by atoms with Gasteiger partial charge in [0.25, 0.3) is 0 Å². The first-order valence-corrected chi connectivity index (χ1v) is 7.57. The SMILES string of the molecule is CC(CN1CCCCC1)n1cnc2cc(C(=O)O)ccc21. The summed E-state index contributed by atoms with van der Waals surface area (Å²) >= 11 is 0. The minimum atomic E-state index is -0.909. The fourth-order valence-corrected chi connectivity index (χ4v) is 3.12. The summed E-state index contributed by atoms with van der Waals surface area (Å²) in [6.07, 6.45) is 5.75. The van der Waals surface area contributed by atoms with Crippen LogP contribution in [0.1, 0.15) is 42.6 Å². The molecule has 2 aromatic rings. The first kappa shape index (κ1) is 14.1. The molecule has 1 saturated heterocycles. The number of carboxylic acid groups (broad SMARTS) is 1. The van der Waals surface area contributed by atoms with Gasteiger partial charge in [0.2, 0.25) is 0 Å². The molecule has 112 valence electrons. The molecule has 0 amide bonds. The molecule has 0 radical (unpaired) electrons. The average molecular weight is 287 g/mol. The van der Waals surface area contributed by atoms with E-state index in [0.29, 0.717) is 6.04 Å². The zero-order chi connectivity index (χ0) is 14.8. The van der Waals surface area contributed by atoms with Crippen molar-refractivity contribution in [3.05, 3.63) is 30.1 Å². The summed E-state index contributed by atoms with van der Waals surface area (Å²) in [5.41, 5.74) is 2.04. The van der Waals surface area contributed by atoms with Crippen molar-refractivity contribution in [1.82, 2.24) is 14.5 Å². The first-order chi connectivity index (χ1) is 10.1. The van der Waals surface area contributed by atoms with E-state index in [4.69, 9.17) is 5.11 Å². The Balaban J connectivity index is 1.81. The quantitative estimate of drug-likeness (QED) is 0.939. The third kappa shape index (κ3) is 2.93. The summed E-state index contributed by atoms with van der Waals surface area (Å²) in [4.78, 5) is 17.9. The van der Waals surface area contributed by atoms with E-state index < -0.39 is 5.97 Å². The number of hydrogen-bond acceptors (Lipinski definition) is 3. The lowest BCUT2D eigenvalue weighted by Gasteiger charge is -2.29. The fraction of sp³-hybridized carbons (Fsp3) is 0.500. The van der Waals surface area contributed by atoms with Gasteiger partial charge >= 0.3 is 5.97 Å². The number of aromatic nitrogens is 2. The van der Waals surface area contributed by atoms with Crippen molar-refractivity contribution in [1.29, 1.82) is 0 Å². The van der Waals surface area contributed by atoms with Gasteiger partial charge in [-0.05, 0) is 51.1 Å². The van der Waals surface area contributed by atoms with Crippen LogP contribution in [0.5, 0.6) is 0 Å². The van der Waals surface area contributed by atoms with Crippen molar-refractivity contribution < 1.29 is 9.90 Å². The highest BCUT2D eigenvalue weighted by atomic mass is 16.4. The Hall–Kier alpha value is -1.88. The third-order valence-corrected chi connectivity index (χ3v) is 4.27. The number of likely N-dealkylation sites (tertiary alicyclic amines) is 1. The molecular weight excluding hydrogens is 266 g/mol. The van der Waals surface area contributed by atoms with E-state index in [0.717, 1.165) is 17.6 Å². The van der Waals surface area contributed by atoms with Gasteiger partial charge in [0.15, 0.2) is 0 Å². The van der Waals surface area contributed by atoms with Crippen LogP contribution in [-0.4, -0.2) is 45.2 Å². The molecule has 5 nitrogen and oxygen atoms in total. The van der Waals surface area contributed by atoms with Crippen LogP contribution in [0.15, 0.2) is 24.5 Å². The number of benzene rings is 1. The predicted octanol–water partition coefficient (Wildman–Crippen LogP) is 2.78. The molecule has 1 aromatic carbocycles. The average Bonchev–Trinajstić information content (AvgIpc) is 2.91. The van der Waals surface area contributed by atoms with Crippen LogP contribution in [0.4, 0.5) is 0 Å². The van der Waals surface area contributed by atoms with E-state index in [-0.39, 0.29) is 5.56 Å². The Morgan fingerprint density at radius 3 is 2.81 bits per heavy atom. The second-order valence-electron chi connectivity index (χ2n) is 5.87. The van der Waals surface area contributed by atoms with Crippen molar-refractivity contribution in [2.24, 2.45) is 0 Å². The molecule has 1 aromatic heterocycles. The Labute approximate surface area is 124 Å². The van der Waals surface area contributed by atoms with E-state index in [1.165, 1.54) is 32.4 Å². The molecule has 1 aliphatic rings. The predicted molar refractivity (Wildman–Crippen MR) is 81.7 cm³/mol. The molecule has 3 rings (SSSR count). The number of nitrogens with zero attached hydrogens (tertiary/aromatic N) is 3. The number of rotatable bonds is 4. The number of imidazole rings is 1. The van der Waals surface area contributed by atoms with Crippen molar-refractivity contribution in [3.63, 3.8) is 0 Å². The summed E-state index contributed by atoms with van der Waals surface area (Å²) in [6, 6.07) is 5.49. The van der Waals surface area contributed by atoms with Crippen LogP contribution in [0.3, 0.4) is 0 Å². The Kier molecular flexibility index (Phi) is 3.92. The lowest BCUT2D eigenvalue weighted by molar-refractivity contribution is 0.0697. The normalized spacial score (nSPS) is 18.0.